The first-order chi connectivity index (χ1) is 9.10. The van der Waals surface area contributed by atoms with Crippen LogP contribution in [0.1, 0.15) is 18.1 Å². The summed E-state index contributed by atoms with van der Waals surface area (Å²) in [6.45, 7) is 6.57. The standard InChI is InChI=1S/C15H19N3O/c1-4-19-15-12(16)7-8-14(18-15)17-13-9-10(2)5-6-11(13)3/h5-9H,4,16H2,1-3H3,(H,17,18). The van der Waals surface area contributed by atoms with Crippen molar-refractivity contribution in [2.45, 2.75) is 20.8 Å². The van der Waals surface area contributed by atoms with E-state index in [2.05, 4.69) is 42.3 Å². The Morgan fingerprint density at radius 1 is 1.21 bits per heavy atom. The molecule has 0 aliphatic rings. The highest BCUT2D eigenvalue weighted by Gasteiger charge is 2.05. The number of pyridine rings is 1. The molecule has 19 heavy (non-hydrogen) atoms. The van der Waals surface area contributed by atoms with Crippen molar-refractivity contribution >= 4 is 17.2 Å². The number of nitrogens with one attached hydrogen (secondary N) is 1. The Balaban J connectivity index is 2.28. The lowest BCUT2D eigenvalue weighted by Gasteiger charge is -2.12. The van der Waals surface area contributed by atoms with Crippen LogP contribution in [0, 0.1) is 13.8 Å². The molecule has 0 saturated carbocycles. The van der Waals surface area contributed by atoms with Crippen LogP contribution in [-0.4, -0.2) is 11.6 Å². The summed E-state index contributed by atoms with van der Waals surface area (Å²) in [4.78, 5) is 4.37. The van der Waals surface area contributed by atoms with Crippen molar-refractivity contribution < 1.29 is 4.74 Å². The third kappa shape index (κ3) is 3.16. The van der Waals surface area contributed by atoms with E-state index in [0.29, 0.717) is 18.2 Å². The molecule has 1 heterocycles. The normalized spacial score (nSPS) is 10.3. The lowest BCUT2D eigenvalue weighted by molar-refractivity contribution is 0.329. The fraction of sp³-hybridized carbons (Fsp3) is 0.267. The van der Waals surface area contributed by atoms with Gasteiger partial charge in [0, 0.05) is 5.69 Å². The summed E-state index contributed by atoms with van der Waals surface area (Å²) in [7, 11) is 0. The summed E-state index contributed by atoms with van der Waals surface area (Å²) < 4.78 is 5.39. The summed E-state index contributed by atoms with van der Waals surface area (Å²) in [5, 5.41) is 3.29. The summed E-state index contributed by atoms with van der Waals surface area (Å²) in [6, 6.07) is 9.90. The number of nitrogens with two attached hydrogens (primary N) is 1. The van der Waals surface area contributed by atoms with Gasteiger partial charge in [0.2, 0.25) is 5.88 Å². The third-order valence-corrected chi connectivity index (χ3v) is 2.83. The molecule has 0 aliphatic heterocycles. The SMILES string of the molecule is CCOc1nc(Nc2cc(C)ccc2C)ccc1N. The predicted molar refractivity (Wildman–Crippen MR) is 79.0 cm³/mol. The summed E-state index contributed by atoms with van der Waals surface area (Å²) >= 11 is 0. The molecule has 0 spiro atoms. The maximum absolute atomic E-state index is 5.81. The van der Waals surface area contributed by atoms with E-state index in [1.165, 1.54) is 11.1 Å². The molecule has 1 aromatic carbocycles. The van der Waals surface area contributed by atoms with Crippen molar-refractivity contribution in [2.75, 3.05) is 17.7 Å². The number of aryl methyl sites for hydroxylation is 2. The number of ether oxygens (including phenoxy) is 1. The molecule has 0 aliphatic carbocycles. The minimum absolute atomic E-state index is 0.470. The van der Waals surface area contributed by atoms with Crippen LogP contribution in [0.3, 0.4) is 0 Å². The van der Waals surface area contributed by atoms with Gasteiger partial charge in [-0.1, -0.05) is 12.1 Å². The van der Waals surface area contributed by atoms with Crippen LogP contribution in [0.25, 0.3) is 0 Å². The van der Waals surface area contributed by atoms with E-state index in [1.54, 1.807) is 6.07 Å². The Kier molecular flexibility index (Phi) is 3.90. The van der Waals surface area contributed by atoms with Crippen molar-refractivity contribution in [3.05, 3.63) is 41.5 Å². The van der Waals surface area contributed by atoms with E-state index in [1.807, 2.05) is 13.0 Å². The van der Waals surface area contributed by atoms with Gasteiger partial charge in [-0.3, -0.25) is 0 Å². The first-order valence-corrected chi connectivity index (χ1v) is 6.33. The molecule has 0 saturated heterocycles. The molecule has 3 N–H and O–H groups in total. The minimum Gasteiger partial charge on any atom is -0.476 e. The molecule has 2 rings (SSSR count). The van der Waals surface area contributed by atoms with Gasteiger partial charge in [0.25, 0.3) is 0 Å². The minimum atomic E-state index is 0.470. The lowest BCUT2D eigenvalue weighted by atomic mass is 10.1. The van der Waals surface area contributed by atoms with Gasteiger partial charge in [-0.05, 0) is 50.1 Å². The monoisotopic (exact) mass is 257 g/mol. The molecule has 0 unspecified atom stereocenters. The van der Waals surface area contributed by atoms with Crippen molar-refractivity contribution in [1.82, 2.24) is 4.98 Å². The zero-order valence-electron chi connectivity index (χ0n) is 11.5. The van der Waals surface area contributed by atoms with Gasteiger partial charge in [0.05, 0.1) is 12.3 Å². The Morgan fingerprint density at radius 3 is 2.74 bits per heavy atom. The molecule has 100 valence electrons. The van der Waals surface area contributed by atoms with Crippen LogP contribution in [0.2, 0.25) is 0 Å². The first kappa shape index (κ1) is 13.2. The second kappa shape index (κ2) is 5.61. The number of anilines is 3. The van der Waals surface area contributed by atoms with Crippen molar-refractivity contribution in [1.29, 1.82) is 0 Å². The molecule has 0 bridgehead atoms. The smallest absolute Gasteiger partial charge is 0.239 e. The number of hydrogen-bond donors (Lipinski definition) is 2. The Labute approximate surface area is 113 Å². The fourth-order valence-electron chi connectivity index (χ4n) is 1.78. The molecule has 0 amide bonds. The second-order valence-electron chi connectivity index (χ2n) is 4.47. The van der Waals surface area contributed by atoms with E-state index in [9.17, 15) is 0 Å². The predicted octanol–water partition coefficient (Wildman–Crippen LogP) is 3.42. The van der Waals surface area contributed by atoms with Gasteiger partial charge >= 0.3 is 0 Å². The van der Waals surface area contributed by atoms with E-state index >= 15 is 0 Å². The molecule has 1 aromatic heterocycles. The summed E-state index contributed by atoms with van der Waals surface area (Å²) in [5.74, 6) is 1.20. The average Bonchev–Trinajstić information content (AvgIpc) is 2.38. The van der Waals surface area contributed by atoms with Gasteiger partial charge < -0.3 is 15.8 Å². The summed E-state index contributed by atoms with van der Waals surface area (Å²) in [6.07, 6.45) is 0. The second-order valence-corrected chi connectivity index (χ2v) is 4.47. The molecular formula is C15H19N3O. The Bertz CT molecular complexity index is 582. The largest absolute Gasteiger partial charge is 0.476 e. The van der Waals surface area contributed by atoms with Gasteiger partial charge in [-0.25, -0.2) is 0 Å². The number of aromatic nitrogens is 1. The number of benzene rings is 1. The van der Waals surface area contributed by atoms with E-state index in [0.717, 1.165) is 11.5 Å². The van der Waals surface area contributed by atoms with Crippen LogP contribution < -0.4 is 15.8 Å². The third-order valence-electron chi connectivity index (χ3n) is 2.83. The van der Waals surface area contributed by atoms with Crippen LogP contribution in [-0.2, 0) is 0 Å². The van der Waals surface area contributed by atoms with Crippen molar-refractivity contribution in [3.8, 4) is 5.88 Å². The quantitative estimate of drug-likeness (QED) is 0.881. The van der Waals surface area contributed by atoms with Crippen LogP contribution >= 0.6 is 0 Å². The van der Waals surface area contributed by atoms with Crippen molar-refractivity contribution in [2.24, 2.45) is 0 Å². The van der Waals surface area contributed by atoms with Crippen LogP contribution in [0.15, 0.2) is 30.3 Å². The van der Waals surface area contributed by atoms with Crippen molar-refractivity contribution in [3.63, 3.8) is 0 Å². The van der Waals surface area contributed by atoms with Crippen LogP contribution in [0.4, 0.5) is 17.2 Å². The molecule has 4 heteroatoms. The Hall–Kier alpha value is -2.23. The summed E-state index contributed by atoms with van der Waals surface area (Å²) in [5.41, 5.74) is 9.77. The number of hydrogen-bond acceptors (Lipinski definition) is 4. The fourth-order valence-corrected chi connectivity index (χ4v) is 1.78. The zero-order chi connectivity index (χ0) is 13.8. The highest BCUT2D eigenvalue weighted by atomic mass is 16.5. The number of nitrogens with zero attached hydrogens (tertiary/aromatic N) is 1. The van der Waals surface area contributed by atoms with E-state index in [-0.39, 0.29) is 0 Å². The van der Waals surface area contributed by atoms with E-state index in [4.69, 9.17) is 10.5 Å². The Morgan fingerprint density at radius 2 is 2.00 bits per heavy atom. The maximum Gasteiger partial charge on any atom is 0.239 e. The molecule has 2 aromatic rings. The molecule has 4 nitrogen and oxygen atoms in total. The maximum atomic E-state index is 5.81. The van der Waals surface area contributed by atoms with Gasteiger partial charge in [-0.15, -0.1) is 0 Å². The molecular weight excluding hydrogens is 238 g/mol. The van der Waals surface area contributed by atoms with E-state index < -0.39 is 0 Å². The topological polar surface area (TPSA) is 60.2 Å². The number of nitrogen functional groups attached to an aromatic ring is 1. The zero-order valence-corrected chi connectivity index (χ0v) is 11.5. The van der Waals surface area contributed by atoms with Gasteiger partial charge in [0.1, 0.15) is 5.82 Å². The molecule has 0 radical (unpaired) electrons. The highest BCUT2D eigenvalue weighted by Crippen LogP contribution is 2.25. The lowest BCUT2D eigenvalue weighted by Crippen LogP contribution is -2.02. The van der Waals surface area contributed by atoms with Gasteiger partial charge in [0.15, 0.2) is 0 Å². The van der Waals surface area contributed by atoms with Crippen LogP contribution in [0.5, 0.6) is 5.88 Å². The molecule has 0 atom stereocenters. The molecule has 0 fully saturated rings. The number of rotatable bonds is 4. The first-order valence-electron chi connectivity index (χ1n) is 6.33. The van der Waals surface area contributed by atoms with Gasteiger partial charge in [-0.2, -0.15) is 4.98 Å². The average molecular weight is 257 g/mol. The highest BCUT2D eigenvalue weighted by molar-refractivity contribution is 5.63.